The van der Waals surface area contributed by atoms with Crippen molar-refractivity contribution < 1.29 is 32.6 Å². The largest absolute Gasteiger partial charge is 0.460 e. The van der Waals surface area contributed by atoms with Gasteiger partial charge in [-0.1, -0.05) is 19.1 Å². The molecular formula is C25H28F2N4O5. The zero-order valence-corrected chi connectivity index (χ0v) is 20.2. The predicted octanol–water partition coefficient (Wildman–Crippen LogP) is 4.55. The van der Waals surface area contributed by atoms with Crippen molar-refractivity contribution in [2.45, 2.75) is 26.3 Å². The smallest absolute Gasteiger partial charge is 0.338 e. The molecule has 3 rings (SSSR count). The van der Waals surface area contributed by atoms with E-state index in [4.69, 9.17) is 9.47 Å². The molecule has 0 aliphatic carbocycles. The van der Waals surface area contributed by atoms with Crippen molar-refractivity contribution in [2.75, 3.05) is 37.5 Å². The molecule has 9 nitrogen and oxygen atoms in total. The Morgan fingerprint density at radius 3 is 2.58 bits per heavy atom. The fourth-order valence-corrected chi connectivity index (χ4v) is 3.76. The lowest BCUT2D eigenvalue weighted by Crippen LogP contribution is -2.48. The molecule has 0 radical (unpaired) electrons. The number of rotatable bonds is 9. The highest BCUT2D eigenvalue weighted by Crippen LogP contribution is 2.32. The SMILES string of the molecule is CCCN1C(=O)NC(c2cccc(NC(=O)Nc3ccc(F)cc3F)c2)C(C(=O)OCCOC)=C1C. The number of nitrogens with zero attached hydrogens (tertiary/aromatic N) is 1. The molecule has 192 valence electrons. The van der Waals surface area contributed by atoms with Gasteiger partial charge in [0.05, 0.1) is 23.9 Å². The van der Waals surface area contributed by atoms with Crippen LogP contribution in [0.15, 0.2) is 53.7 Å². The van der Waals surface area contributed by atoms with Crippen LogP contribution in [0.4, 0.5) is 29.7 Å². The number of carbonyl (C=O) groups excluding carboxylic acids is 3. The lowest BCUT2D eigenvalue weighted by atomic mass is 9.94. The lowest BCUT2D eigenvalue weighted by Gasteiger charge is -2.35. The van der Waals surface area contributed by atoms with Crippen molar-refractivity contribution in [3.8, 4) is 0 Å². The Morgan fingerprint density at radius 2 is 1.89 bits per heavy atom. The highest BCUT2D eigenvalue weighted by atomic mass is 19.1. The van der Waals surface area contributed by atoms with Crippen molar-refractivity contribution >= 4 is 29.4 Å². The van der Waals surface area contributed by atoms with Gasteiger partial charge in [-0.25, -0.2) is 23.2 Å². The van der Waals surface area contributed by atoms with Crippen LogP contribution in [0.1, 0.15) is 31.9 Å². The van der Waals surface area contributed by atoms with E-state index in [-0.39, 0.29) is 30.5 Å². The number of nitrogens with one attached hydrogen (secondary N) is 3. The Morgan fingerprint density at radius 1 is 1.11 bits per heavy atom. The maximum Gasteiger partial charge on any atom is 0.338 e. The van der Waals surface area contributed by atoms with E-state index in [0.717, 1.165) is 12.1 Å². The zero-order valence-electron chi connectivity index (χ0n) is 20.2. The highest BCUT2D eigenvalue weighted by Gasteiger charge is 2.36. The number of allylic oxidation sites excluding steroid dienone is 1. The summed E-state index contributed by atoms with van der Waals surface area (Å²) >= 11 is 0. The van der Waals surface area contributed by atoms with E-state index >= 15 is 0 Å². The van der Waals surface area contributed by atoms with E-state index in [2.05, 4.69) is 16.0 Å². The van der Waals surface area contributed by atoms with Gasteiger partial charge in [-0.15, -0.1) is 0 Å². The molecule has 1 atom stereocenters. The molecule has 3 N–H and O–H groups in total. The fraction of sp³-hybridized carbons (Fsp3) is 0.320. The van der Waals surface area contributed by atoms with Gasteiger partial charge in [0.15, 0.2) is 0 Å². The molecule has 2 aromatic carbocycles. The van der Waals surface area contributed by atoms with Crippen LogP contribution in [0.3, 0.4) is 0 Å². The zero-order chi connectivity index (χ0) is 26.2. The summed E-state index contributed by atoms with van der Waals surface area (Å²) in [6, 6.07) is 7.33. The Kier molecular flexibility index (Phi) is 8.96. The number of hydrogen-bond donors (Lipinski definition) is 3. The van der Waals surface area contributed by atoms with E-state index in [0.29, 0.717) is 36.0 Å². The summed E-state index contributed by atoms with van der Waals surface area (Å²) in [6.07, 6.45) is 0.685. The second-order valence-electron chi connectivity index (χ2n) is 7.99. The van der Waals surface area contributed by atoms with Crippen LogP contribution in [0, 0.1) is 11.6 Å². The summed E-state index contributed by atoms with van der Waals surface area (Å²) in [5.41, 5.74) is 1.37. The second-order valence-corrected chi connectivity index (χ2v) is 7.99. The summed E-state index contributed by atoms with van der Waals surface area (Å²) in [6.45, 7) is 4.28. The summed E-state index contributed by atoms with van der Waals surface area (Å²) in [5.74, 6) is -2.28. The van der Waals surface area contributed by atoms with Gasteiger partial charge in [0.25, 0.3) is 0 Å². The Labute approximate surface area is 207 Å². The van der Waals surface area contributed by atoms with Gasteiger partial charge in [-0.2, -0.15) is 0 Å². The number of ether oxygens (including phenoxy) is 2. The van der Waals surface area contributed by atoms with E-state index in [9.17, 15) is 23.2 Å². The monoisotopic (exact) mass is 502 g/mol. The number of carbonyl (C=O) groups is 3. The topological polar surface area (TPSA) is 109 Å². The van der Waals surface area contributed by atoms with Crippen molar-refractivity contribution in [3.05, 3.63) is 70.9 Å². The predicted molar refractivity (Wildman–Crippen MR) is 129 cm³/mol. The van der Waals surface area contributed by atoms with Crippen LogP contribution < -0.4 is 16.0 Å². The third-order valence-electron chi connectivity index (χ3n) is 5.44. The summed E-state index contributed by atoms with van der Waals surface area (Å²) in [5, 5.41) is 7.71. The average Bonchev–Trinajstić information content (AvgIpc) is 2.83. The van der Waals surface area contributed by atoms with Crippen LogP contribution in [0.2, 0.25) is 0 Å². The minimum absolute atomic E-state index is 0.0439. The first-order valence-corrected chi connectivity index (χ1v) is 11.3. The molecule has 36 heavy (non-hydrogen) atoms. The van der Waals surface area contributed by atoms with E-state index < -0.39 is 29.7 Å². The van der Waals surface area contributed by atoms with Gasteiger partial charge in [-0.05, 0) is 43.2 Å². The summed E-state index contributed by atoms with van der Waals surface area (Å²) in [7, 11) is 1.49. The van der Waals surface area contributed by atoms with Gasteiger partial charge in [-0.3, -0.25) is 4.90 Å². The van der Waals surface area contributed by atoms with Gasteiger partial charge in [0.2, 0.25) is 0 Å². The number of urea groups is 2. The van der Waals surface area contributed by atoms with Gasteiger partial charge >= 0.3 is 18.0 Å². The fourth-order valence-electron chi connectivity index (χ4n) is 3.76. The van der Waals surface area contributed by atoms with Crippen LogP contribution in [-0.4, -0.2) is 49.8 Å². The number of hydrogen-bond acceptors (Lipinski definition) is 5. The van der Waals surface area contributed by atoms with E-state index in [1.807, 2.05) is 6.92 Å². The minimum atomic E-state index is -0.919. The number of methoxy groups -OCH3 is 1. The van der Waals surface area contributed by atoms with Gasteiger partial charge in [0.1, 0.15) is 18.2 Å². The standard InChI is InChI=1S/C25H28F2N4O5/c1-4-10-31-15(2)21(23(32)36-12-11-35-3)22(30-25(31)34)16-6-5-7-18(13-16)28-24(33)29-20-9-8-17(26)14-19(20)27/h5-9,13-14,22H,4,10-12H2,1-3H3,(H,30,34)(H2,28,29,33). The molecular weight excluding hydrogens is 474 g/mol. The van der Waals surface area contributed by atoms with E-state index in [1.165, 1.54) is 12.0 Å². The van der Waals surface area contributed by atoms with Gasteiger partial charge in [0, 0.05) is 31.1 Å². The Balaban J connectivity index is 1.85. The molecule has 11 heteroatoms. The first kappa shape index (κ1) is 26.6. The highest BCUT2D eigenvalue weighted by molar-refractivity contribution is 6.00. The van der Waals surface area contributed by atoms with Crippen LogP contribution in [0.5, 0.6) is 0 Å². The number of amides is 4. The van der Waals surface area contributed by atoms with E-state index in [1.54, 1.807) is 31.2 Å². The average molecular weight is 503 g/mol. The molecule has 0 saturated carbocycles. The molecule has 0 fully saturated rings. The first-order chi connectivity index (χ1) is 17.2. The number of anilines is 2. The molecule has 2 aromatic rings. The Hall–Kier alpha value is -3.99. The molecule has 0 bridgehead atoms. The summed E-state index contributed by atoms with van der Waals surface area (Å²) in [4.78, 5) is 39.7. The van der Waals surface area contributed by atoms with Crippen molar-refractivity contribution in [3.63, 3.8) is 0 Å². The normalized spacial score (nSPS) is 15.4. The first-order valence-electron chi connectivity index (χ1n) is 11.3. The lowest BCUT2D eigenvalue weighted by molar-refractivity contribution is -0.140. The maximum absolute atomic E-state index is 13.9. The molecule has 1 heterocycles. The number of benzene rings is 2. The molecule has 0 aromatic heterocycles. The number of esters is 1. The molecule has 0 spiro atoms. The van der Waals surface area contributed by atoms with Crippen LogP contribution >= 0.6 is 0 Å². The third kappa shape index (κ3) is 6.36. The molecule has 0 saturated heterocycles. The van der Waals surface area contributed by atoms with Crippen LogP contribution in [0.25, 0.3) is 0 Å². The summed E-state index contributed by atoms with van der Waals surface area (Å²) < 4.78 is 37.3. The Bertz CT molecular complexity index is 1170. The van der Waals surface area contributed by atoms with Gasteiger partial charge < -0.3 is 25.4 Å². The number of halogens is 2. The third-order valence-corrected chi connectivity index (χ3v) is 5.44. The molecule has 1 aliphatic heterocycles. The van der Waals surface area contributed by atoms with Crippen molar-refractivity contribution in [1.82, 2.24) is 10.2 Å². The molecule has 1 unspecified atom stereocenters. The molecule has 1 aliphatic rings. The minimum Gasteiger partial charge on any atom is -0.460 e. The van der Waals surface area contributed by atoms with Crippen molar-refractivity contribution in [1.29, 1.82) is 0 Å². The maximum atomic E-state index is 13.9. The second kappa shape index (κ2) is 12.1. The van der Waals surface area contributed by atoms with Crippen molar-refractivity contribution in [2.24, 2.45) is 0 Å². The quantitative estimate of drug-likeness (QED) is 0.344. The van der Waals surface area contributed by atoms with Crippen LogP contribution in [-0.2, 0) is 14.3 Å². The molecule has 4 amide bonds.